The van der Waals surface area contributed by atoms with Crippen molar-refractivity contribution in [2.24, 2.45) is 11.8 Å². The molecule has 44 heavy (non-hydrogen) atoms. The molecule has 0 saturated carbocycles. The fraction of sp³-hybridized carbons (Fsp3) is 0.520. The molecule has 1 N–H and O–H groups in total. The number of anilines is 1. The number of fused-ring (bicyclic) bond motifs is 1. The number of sulfonamides is 1. The van der Waals surface area contributed by atoms with E-state index in [1.807, 2.05) is 0 Å². The predicted octanol–water partition coefficient (Wildman–Crippen LogP) is 5.01. The zero-order chi connectivity index (χ0) is 32.8. The summed E-state index contributed by atoms with van der Waals surface area (Å²) >= 11 is 0. The third-order valence-corrected chi connectivity index (χ3v) is 10.2. The summed E-state index contributed by atoms with van der Waals surface area (Å²) in [4.78, 5) is 0. The minimum Gasteiger partial charge on any atom is -0.301 e. The molecule has 0 fully saturated rings. The van der Waals surface area contributed by atoms with Crippen molar-refractivity contribution in [1.29, 1.82) is 0 Å². The summed E-state index contributed by atoms with van der Waals surface area (Å²) < 4.78 is 172. The minimum atomic E-state index is -5.71. The summed E-state index contributed by atoms with van der Waals surface area (Å²) in [7, 11) is -11.1. The van der Waals surface area contributed by atoms with E-state index in [2.05, 4.69) is 9.61 Å². The number of halogens is 9. The number of nitrogens with zero attached hydrogens (tertiary/aromatic N) is 2. The van der Waals surface area contributed by atoms with Crippen molar-refractivity contribution in [2.75, 3.05) is 29.6 Å². The van der Waals surface area contributed by atoms with Gasteiger partial charge in [0, 0.05) is 30.8 Å². The summed E-state index contributed by atoms with van der Waals surface area (Å²) in [5.74, 6) is -6.87. The van der Waals surface area contributed by atoms with Crippen LogP contribution >= 0.6 is 0 Å². The molecule has 3 atom stereocenters. The van der Waals surface area contributed by atoms with Gasteiger partial charge < -0.3 is 5.43 Å². The van der Waals surface area contributed by atoms with Crippen molar-refractivity contribution in [3.05, 3.63) is 64.8 Å². The van der Waals surface area contributed by atoms with Gasteiger partial charge in [-0.1, -0.05) is 12.5 Å². The van der Waals surface area contributed by atoms with Crippen LogP contribution in [0.15, 0.2) is 59.0 Å². The van der Waals surface area contributed by atoms with Crippen LogP contribution in [0.1, 0.15) is 19.8 Å². The van der Waals surface area contributed by atoms with E-state index < -0.39 is 87.3 Å². The topological polar surface area (TPSA) is 96.0 Å². The van der Waals surface area contributed by atoms with Crippen LogP contribution in [0.25, 0.3) is 0 Å². The summed E-state index contributed by atoms with van der Waals surface area (Å²) in [6.45, 7) is -0.699. The van der Waals surface area contributed by atoms with Gasteiger partial charge in [-0.2, -0.15) is 39.1 Å². The van der Waals surface area contributed by atoms with Crippen molar-refractivity contribution >= 4 is 25.8 Å². The van der Waals surface area contributed by atoms with E-state index in [1.165, 1.54) is 24.3 Å². The van der Waals surface area contributed by atoms with E-state index in [-0.39, 0.29) is 10.7 Å². The van der Waals surface area contributed by atoms with Gasteiger partial charge in [-0.15, -0.1) is 0 Å². The van der Waals surface area contributed by atoms with Gasteiger partial charge in [-0.3, -0.25) is 9.19 Å². The van der Waals surface area contributed by atoms with Crippen molar-refractivity contribution in [2.45, 2.75) is 44.6 Å². The van der Waals surface area contributed by atoms with Gasteiger partial charge in [0.15, 0.2) is 17.6 Å². The lowest BCUT2D eigenvalue weighted by atomic mass is 9.80. The number of hydrazine groups is 1. The number of allylic oxidation sites excluding steroid dienone is 3. The standard InChI is InChI=1S/C25H26F9N3O5S2/c1-14-19-9-35-37(18-6-4-17(26)5-7-18)20(19)8-15-2-3-16(22(14)15)10-36(43(38,39)12-24(29,30)31)11-21(23(27)28)42-44(40,41)13-25(32,33)34/h4-9,14,16,21,23,35H,2-3,10-13H2,1H3/t14-,16+,21?/m0/s1. The first-order chi connectivity index (χ1) is 20.2. The van der Waals surface area contributed by atoms with Gasteiger partial charge in [-0.05, 0) is 54.7 Å². The molecule has 1 aromatic rings. The highest BCUT2D eigenvalue weighted by atomic mass is 32.2. The van der Waals surface area contributed by atoms with Crippen LogP contribution in [0.3, 0.4) is 0 Å². The average Bonchev–Trinajstić information content (AvgIpc) is 3.45. The highest BCUT2D eigenvalue weighted by Crippen LogP contribution is 2.48. The van der Waals surface area contributed by atoms with E-state index >= 15 is 0 Å². The van der Waals surface area contributed by atoms with Gasteiger partial charge >= 0.3 is 12.4 Å². The predicted molar refractivity (Wildman–Crippen MR) is 139 cm³/mol. The Balaban J connectivity index is 1.64. The molecule has 0 aromatic heterocycles. The Labute approximate surface area is 247 Å². The monoisotopic (exact) mass is 683 g/mol. The molecular formula is C25H26F9N3O5S2. The van der Waals surface area contributed by atoms with Crippen LogP contribution in [0.5, 0.6) is 0 Å². The smallest absolute Gasteiger partial charge is 0.301 e. The fourth-order valence-electron chi connectivity index (χ4n) is 5.53. The first kappa shape index (κ1) is 34.1. The molecule has 4 rings (SSSR count). The maximum atomic E-state index is 13.8. The lowest BCUT2D eigenvalue weighted by molar-refractivity contribution is -0.109. The highest BCUT2D eigenvalue weighted by Gasteiger charge is 2.45. The summed E-state index contributed by atoms with van der Waals surface area (Å²) in [5, 5.41) is 1.66. The van der Waals surface area contributed by atoms with Crippen LogP contribution < -0.4 is 10.4 Å². The quantitative estimate of drug-likeness (QED) is 0.259. The van der Waals surface area contributed by atoms with E-state index in [1.54, 1.807) is 24.2 Å². The first-order valence-corrected chi connectivity index (χ1v) is 16.1. The Morgan fingerprint density at radius 3 is 2.20 bits per heavy atom. The number of rotatable bonds is 11. The Morgan fingerprint density at radius 2 is 1.64 bits per heavy atom. The van der Waals surface area contributed by atoms with Crippen LogP contribution in [0.2, 0.25) is 0 Å². The van der Waals surface area contributed by atoms with Gasteiger partial charge in [-0.25, -0.2) is 21.6 Å². The third kappa shape index (κ3) is 8.08. The fourth-order valence-corrected chi connectivity index (χ4v) is 7.90. The van der Waals surface area contributed by atoms with E-state index in [0.717, 1.165) is 0 Å². The maximum Gasteiger partial charge on any atom is 0.405 e. The second-order valence-electron chi connectivity index (χ2n) is 10.5. The average molecular weight is 684 g/mol. The van der Waals surface area contributed by atoms with Crippen LogP contribution in [0.4, 0.5) is 45.2 Å². The SMILES string of the molecule is C[C@H]1C2=CNN(c3ccc(F)cc3)C2=CC2=C1[C@@H](CN(CC(OS(=O)(=O)CC(F)(F)F)C(F)F)S(=O)(=O)CC(F)(F)F)CC2. The molecule has 1 heterocycles. The molecule has 1 aliphatic heterocycles. The molecule has 0 spiro atoms. The molecule has 0 radical (unpaired) electrons. The molecule has 246 valence electrons. The largest absolute Gasteiger partial charge is 0.405 e. The lowest BCUT2D eigenvalue weighted by Gasteiger charge is -2.33. The van der Waals surface area contributed by atoms with Crippen LogP contribution in [-0.2, 0) is 24.3 Å². The molecule has 8 nitrogen and oxygen atoms in total. The molecular weight excluding hydrogens is 657 g/mol. The molecule has 3 aliphatic rings. The Morgan fingerprint density at radius 1 is 1.02 bits per heavy atom. The minimum absolute atomic E-state index is 0.0130. The van der Waals surface area contributed by atoms with Crippen molar-refractivity contribution < 1.29 is 60.5 Å². The lowest BCUT2D eigenvalue weighted by Crippen LogP contribution is -2.47. The van der Waals surface area contributed by atoms with Crippen molar-refractivity contribution in [1.82, 2.24) is 9.73 Å². The van der Waals surface area contributed by atoms with Crippen molar-refractivity contribution in [3.63, 3.8) is 0 Å². The Kier molecular flexibility index (Phi) is 9.46. The summed E-state index contributed by atoms with van der Waals surface area (Å²) in [5.41, 5.74) is 6.27. The third-order valence-electron chi connectivity index (χ3n) is 7.23. The first-order valence-electron chi connectivity index (χ1n) is 12.9. The van der Waals surface area contributed by atoms with Crippen LogP contribution in [-0.4, -0.2) is 70.6 Å². The molecule has 0 bridgehead atoms. The van der Waals surface area contributed by atoms with Crippen molar-refractivity contribution in [3.8, 4) is 0 Å². The van der Waals surface area contributed by atoms with Gasteiger partial charge in [0.25, 0.3) is 16.5 Å². The van der Waals surface area contributed by atoms with Gasteiger partial charge in [0.2, 0.25) is 10.0 Å². The zero-order valence-corrected chi connectivity index (χ0v) is 24.3. The Bertz CT molecular complexity index is 1550. The number of benzene rings is 1. The number of hydrogen-bond acceptors (Lipinski definition) is 7. The molecule has 1 aromatic carbocycles. The number of nitrogens with one attached hydrogen (secondary N) is 1. The summed E-state index contributed by atoms with van der Waals surface area (Å²) in [6, 6.07) is 5.54. The number of alkyl halides is 8. The molecule has 2 aliphatic carbocycles. The molecule has 1 unspecified atom stereocenters. The molecule has 0 saturated heterocycles. The molecule has 0 amide bonds. The van der Waals surface area contributed by atoms with E-state index in [0.29, 0.717) is 34.5 Å². The van der Waals surface area contributed by atoms with Gasteiger partial charge in [0.1, 0.15) is 5.82 Å². The second kappa shape index (κ2) is 12.2. The molecule has 19 heteroatoms. The second-order valence-corrected chi connectivity index (χ2v) is 14.0. The zero-order valence-electron chi connectivity index (χ0n) is 22.7. The normalized spacial score (nSPS) is 21.8. The van der Waals surface area contributed by atoms with E-state index in [4.69, 9.17) is 0 Å². The maximum absolute atomic E-state index is 13.8. The summed E-state index contributed by atoms with van der Waals surface area (Å²) in [6.07, 6.45) is -13.7. The van der Waals surface area contributed by atoms with E-state index in [9.17, 15) is 56.3 Å². The Hall–Kier alpha value is -2.77. The van der Waals surface area contributed by atoms with Crippen LogP contribution in [0, 0.1) is 17.7 Å². The van der Waals surface area contributed by atoms with Gasteiger partial charge in [0.05, 0.1) is 11.4 Å². The number of hydrogen-bond donors (Lipinski definition) is 1. The highest BCUT2D eigenvalue weighted by molar-refractivity contribution is 7.89.